The highest BCUT2D eigenvalue weighted by Crippen LogP contribution is 2.24. The normalized spacial score (nSPS) is 11.4. The molecule has 0 aliphatic rings. The van der Waals surface area contributed by atoms with Gasteiger partial charge in [-0.25, -0.2) is 8.42 Å². The molecule has 0 N–H and O–H groups in total. The average molecular weight is 376 g/mol. The SMILES string of the molecule is CCN(CC(=O)N(C)c1ccccc1)S(=O)(=O)c1ccc(OC)c(C)c1. The number of rotatable bonds is 7. The third-order valence-electron chi connectivity index (χ3n) is 4.19. The number of sulfonamides is 1. The third-order valence-corrected chi connectivity index (χ3v) is 6.10. The van der Waals surface area contributed by atoms with Gasteiger partial charge in [0.1, 0.15) is 5.75 Å². The van der Waals surface area contributed by atoms with Crippen LogP contribution >= 0.6 is 0 Å². The smallest absolute Gasteiger partial charge is 0.243 e. The number of hydrogen-bond acceptors (Lipinski definition) is 4. The minimum atomic E-state index is -3.78. The van der Waals surface area contributed by atoms with E-state index in [4.69, 9.17) is 4.74 Å². The molecule has 0 unspecified atom stereocenters. The van der Waals surface area contributed by atoms with Crippen molar-refractivity contribution in [2.45, 2.75) is 18.7 Å². The van der Waals surface area contributed by atoms with E-state index in [1.807, 2.05) is 18.2 Å². The van der Waals surface area contributed by atoms with Gasteiger partial charge >= 0.3 is 0 Å². The quantitative estimate of drug-likeness (QED) is 0.745. The minimum absolute atomic E-state index is 0.146. The predicted molar refractivity (Wildman–Crippen MR) is 102 cm³/mol. The largest absolute Gasteiger partial charge is 0.496 e. The molecule has 0 bridgehead atoms. The van der Waals surface area contributed by atoms with Gasteiger partial charge < -0.3 is 9.64 Å². The third kappa shape index (κ3) is 4.23. The number of hydrogen-bond donors (Lipinski definition) is 0. The Morgan fingerprint density at radius 1 is 1.12 bits per heavy atom. The predicted octanol–water partition coefficient (Wildman–Crippen LogP) is 2.68. The summed E-state index contributed by atoms with van der Waals surface area (Å²) in [5, 5.41) is 0. The summed E-state index contributed by atoms with van der Waals surface area (Å²) in [6, 6.07) is 13.8. The summed E-state index contributed by atoms with van der Waals surface area (Å²) in [5.74, 6) is 0.318. The lowest BCUT2D eigenvalue weighted by atomic mass is 10.2. The summed E-state index contributed by atoms with van der Waals surface area (Å²) in [7, 11) is -0.610. The van der Waals surface area contributed by atoms with E-state index in [-0.39, 0.29) is 23.9 Å². The molecule has 0 saturated carbocycles. The zero-order valence-corrected chi connectivity index (χ0v) is 16.3. The van der Waals surface area contributed by atoms with Crippen molar-refractivity contribution in [2.75, 3.05) is 32.1 Å². The second kappa shape index (κ2) is 8.33. The average Bonchev–Trinajstić information content (AvgIpc) is 2.65. The van der Waals surface area contributed by atoms with Crippen LogP contribution in [0, 0.1) is 6.92 Å². The number of carbonyl (C=O) groups is 1. The fourth-order valence-corrected chi connectivity index (χ4v) is 4.06. The first-order chi connectivity index (χ1) is 12.3. The number of nitrogens with zero attached hydrogens (tertiary/aromatic N) is 2. The van der Waals surface area contributed by atoms with Gasteiger partial charge in [0.05, 0.1) is 18.6 Å². The Kier molecular flexibility index (Phi) is 6.39. The van der Waals surface area contributed by atoms with Gasteiger partial charge in [-0.3, -0.25) is 4.79 Å². The molecular formula is C19H24N2O4S. The number of benzene rings is 2. The zero-order chi connectivity index (χ0) is 19.3. The standard InChI is InChI=1S/C19H24N2O4S/c1-5-21(14-19(22)20(3)16-9-7-6-8-10-16)26(23,24)17-11-12-18(25-4)15(2)13-17/h6-13H,5,14H2,1-4H3. The first-order valence-corrected chi connectivity index (χ1v) is 9.71. The summed E-state index contributed by atoms with van der Waals surface area (Å²) in [5.41, 5.74) is 1.43. The molecule has 0 aromatic heterocycles. The molecule has 1 amide bonds. The van der Waals surface area contributed by atoms with Gasteiger partial charge in [-0.2, -0.15) is 4.31 Å². The minimum Gasteiger partial charge on any atom is -0.496 e. The van der Waals surface area contributed by atoms with Crippen molar-refractivity contribution in [2.24, 2.45) is 0 Å². The molecule has 0 heterocycles. The van der Waals surface area contributed by atoms with E-state index in [0.29, 0.717) is 11.4 Å². The van der Waals surface area contributed by atoms with Crippen LogP contribution in [0.2, 0.25) is 0 Å². The Bertz CT molecular complexity index is 866. The molecule has 0 spiro atoms. The highest BCUT2D eigenvalue weighted by Gasteiger charge is 2.27. The fraction of sp³-hybridized carbons (Fsp3) is 0.316. The summed E-state index contributed by atoms with van der Waals surface area (Å²) in [6.07, 6.45) is 0. The molecule has 0 saturated heterocycles. The van der Waals surface area contributed by atoms with Crippen molar-refractivity contribution < 1.29 is 17.9 Å². The molecule has 6 nitrogen and oxygen atoms in total. The zero-order valence-electron chi connectivity index (χ0n) is 15.5. The molecule has 140 valence electrons. The van der Waals surface area contributed by atoms with Crippen LogP contribution in [-0.4, -0.2) is 45.9 Å². The highest BCUT2D eigenvalue weighted by molar-refractivity contribution is 7.89. The molecule has 0 radical (unpaired) electrons. The number of amides is 1. The number of carbonyl (C=O) groups excluding carboxylic acids is 1. The number of likely N-dealkylation sites (N-methyl/N-ethyl adjacent to an activating group) is 2. The van der Waals surface area contributed by atoms with Gasteiger partial charge in [0.15, 0.2) is 0 Å². The lowest BCUT2D eigenvalue weighted by molar-refractivity contribution is -0.118. The van der Waals surface area contributed by atoms with Crippen LogP contribution in [0.4, 0.5) is 5.69 Å². The van der Waals surface area contributed by atoms with Crippen molar-refractivity contribution in [1.82, 2.24) is 4.31 Å². The van der Waals surface area contributed by atoms with Gasteiger partial charge in [0, 0.05) is 19.3 Å². The molecule has 26 heavy (non-hydrogen) atoms. The summed E-state index contributed by atoms with van der Waals surface area (Å²) >= 11 is 0. The Morgan fingerprint density at radius 2 is 1.77 bits per heavy atom. The fourth-order valence-electron chi connectivity index (χ4n) is 2.58. The number of ether oxygens (including phenoxy) is 1. The topological polar surface area (TPSA) is 66.9 Å². The van der Waals surface area contributed by atoms with Crippen LogP contribution < -0.4 is 9.64 Å². The number of aryl methyl sites for hydroxylation is 1. The first-order valence-electron chi connectivity index (χ1n) is 8.27. The lowest BCUT2D eigenvalue weighted by Gasteiger charge is -2.24. The lowest BCUT2D eigenvalue weighted by Crippen LogP contribution is -2.41. The van der Waals surface area contributed by atoms with E-state index in [9.17, 15) is 13.2 Å². The summed E-state index contributed by atoms with van der Waals surface area (Å²) in [4.78, 5) is 14.2. The molecule has 7 heteroatoms. The van der Waals surface area contributed by atoms with Gasteiger partial charge in [-0.05, 0) is 42.8 Å². The van der Waals surface area contributed by atoms with Crippen LogP contribution in [0.25, 0.3) is 0 Å². The molecule has 0 aliphatic heterocycles. The summed E-state index contributed by atoms with van der Waals surface area (Å²) in [6.45, 7) is 3.46. The monoisotopic (exact) mass is 376 g/mol. The van der Waals surface area contributed by atoms with Crippen LogP contribution in [0.15, 0.2) is 53.4 Å². The molecule has 2 aromatic carbocycles. The number of methoxy groups -OCH3 is 1. The Labute approximate surface area is 155 Å². The molecule has 0 aliphatic carbocycles. The molecular weight excluding hydrogens is 352 g/mol. The van der Waals surface area contributed by atoms with Gasteiger partial charge in [-0.1, -0.05) is 25.1 Å². The maximum atomic E-state index is 12.9. The Morgan fingerprint density at radius 3 is 2.31 bits per heavy atom. The van der Waals surface area contributed by atoms with Crippen molar-refractivity contribution in [3.8, 4) is 5.75 Å². The number of anilines is 1. The number of para-hydroxylation sites is 1. The van der Waals surface area contributed by atoms with Crippen molar-refractivity contribution >= 4 is 21.6 Å². The van der Waals surface area contributed by atoms with Gasteiger partial charge in [0.25, 0.3) is 0 Å². The van der Waals surface area contributed by atoms with Crippen molar-refractivity contribution in [1.29, 1.82) is 0 Å². The second-order valence-corrected chi connectivity index (χ2v) is 7.79. The Hall–Kier alpha value is -2.38. The van der Waals surface area contributed by atoms with E-state index in [1.54, 1.807) is 45.2 Å². The maximum absolute atomic E-state index is 12.9. The Balaban J connectivity index is 2.23. The molecule has 2 aromatic rings. The van der Waals surface area contributed by atoms with Crippen LogP contribution in [0.3, 0.4) is 0 Å². The maximum Gasteiger partial charge on any atom is 0.243 e. The van der Waals surface area contributed by atoms with E-state index in [1.165, 1.54) is 22.4 Å². The van der Waals surface area contributed by atoms with E-state index < -0.39 is 10.0 Å². The molecule has 0 fully saturated rings. The van der Waals surface area contributed by atoms with Crippen LogP contribution in [-0.2, 0) is 14.8 Å². The molecule has 0 atom stereocenters. The van der Waals surface area contributed by atoms with Crippen molar-refractivity contribution in [3.05, 3.63) is 54.1 Å². The van der Waals surface area contributed by atoms with E-state index in [0.717, 1.165) is 5.56 Å². The van der Waals surface area contributed by atoms with Crippen LogP contribution in [0.5, 0.6) is 5.75 Å². The highest BCUT2D eigenvalue weighted by atomic mass is 32.2. The molecule has 2 rings (SSSR count). The van der Waals surface area contributed by atoms with Crippen LogP contribution in [0.1, 0.15) is 12.5 Å². The van der Waals surface area contributed by atoms with Crippen molar-refractivity contribution in [3.63, 3.8) is 0 Å². The first kappa shape index (κ1) is 19.9. The van der Waals surface area contributed by atoms with E-state index >= 15 is 0 Å². The summed E-state index contributed by atoms with van der Waals surface area (Å²) < 4.78 is 32.2. The second-order valence-electron chi connectivity index (χ2n) is 5.85. The van der Waals surface area contributed by atoms with Gasteiger partial charge in [0.2, 0.25) is 15.9 Å². The van der Waals surface area contributed by atoms with Gasteiger partial charge in [-0.15, -0.1) is 0 Å². The van der Waals surface area contributed by atoms with E-state index in [2.05, 4.69) is 0 Å².